The Hall–Kier alpha value is 0.568. The van der Waals surface area contributed by atoms with Crippen LogP contribution >= 0.6 is 0 Å². The summed E-state index contributed by atoms with van der Waals surface area (Å²) in [6.45, 7) is 6.28. The van der Waals surface area contributed by atoms with Crippen molar-refractivity contribution in [3.8, 4) is 0 Å². The number of nitrogens with one attached hydrogen (secondary N) is 2. The Labute approximate surface area is 78.5 Å². The molecule has 3 nitrogen and oxygen atoms in total. The average molecular weight is 232 g/mol. The molecule has 0 aliphatic rings. The molecule has 0 unspecified atom stereocenters. The van der Waals surface area contributed by atoms with Crippen molar-refractivity contribution in [2.45, 2.75) is 13.8 Å². The van der Waals surface area contributed by atoms with Crippen LogP contribution in [0.3, 0.4) is 0 Å². The quantitative estimate of drug-likeness (QED) is 0.638. The molecule has 4 heteroatoms. The van der Waals surface area contributed by atoms with Crippen LogP contribution in [0.5, 0.6) is 0 Å². The molecule has 0 fully saturated rings. The summed E-state index contributed by atoms with van der Waals surface area (Å²) >= 11 is 0. The number of hydrogen-bond acceptors (Lipinski definition) is 2. The van der Waals surface area contributed by atoms with Crippen molar-refractivity contribution in [2.24, 2.45) is 0 Å². The van der Waals surface area contributed by atoms with E-state index < -0.39 is 0 Å². The fourth-order valence-corrected chi connectivity index (χ4v) is 0. The molecule has 0 aromatic heterocycles. The van der Waals surface area contributed by atoms with Gasteiger partial charge in [0.2, 0.25) is 0 Å². The third kappa shape index (κ3) is 74.4. The zero-order chi connectivity index (χ0) is 6.83. The third-order valence-corrected chi connectivity index (χ3v) is 0.707. The normalized spacial score (nSPS) is 6.00. The molecule has 0 aliphatic heterocycles. The van der Waals surface area contributed by atoms with Gasteiger partial charge in [-0.15, -0.1) is 0 Å². The first-order chi connectivity index (χ1) is 3.83. The molecule has 66 valence electrons. The van der Waals surface area contributed by atoms with Crippen LogP contribution in [0.4, 0.5) is 0 Å². The zero-order valence-corrected chi connectivity index (χ0v) is 9.33. The van der Waals surface area contributed by atoms with Gasteiger partial charge in [0.15, 0.2) is 0 Å². The van der Waals surface area contributed by atoms with E-state index in [1.807, 2.05) is 14.1 Å². The number of hydrogen-bond donors (Lipinski definition) is 2. The maximum absolute atomic E-state index is 2.93. The Morgan fingerprint density at radius 2 is 1.00 bits per heavy atom. The molecular weight excluding hydrogens is 212 g/mol. The van der Waals surface area contributed by atoms with Crippen molar-refractivity contribution in [3.63, 3.8) is 0 Å². The summed E-state index contributed by atoms with van der Waals surface area (Å²) < 4.78 is 0. The molecule has 10 heavy (non-hydrogen) atoms. The first kappa shape index (κ1) is 22.4. The molecule has 0 aromatic rings. The smallest absolute Gasteiger partial charge is 0 e. The van der Waals surface area contributed by atoms with Crippen LogP contribution in [0.1, 0.15) is 13.8 Å². The van der Waals surface area contributed by atoms with Gasteiger partial charge in [-0.1, -0.05) is 13.8 Å². The van der Waals surface area contributed by atoms with E-state index in [2.05, 4.69) is 24.5 Å². The molecule has 4 N–H and O–H groups in total. The van der Waals surface area contributed by atoms with Gasteiger partial charge in [-0.2, -0.15) is 0 Å². The summed E-state index contributed by atoms with van der Waals surface area (Å²) in [5.41, 5.74) is 0. The van der Waals surface area contributed by atoms with Crippen LogP contribution in [0.15, 0.2) is 0 Å². The maximum Gasteiger partial charge on any atom is 0 e. The maximum atomic E-state index is 2.93. The summed E-state index contributed by atoms with van der Waals surface area (Å²) in [5.74, 6) is 0. The Bertz CT molecular complexity index is 23.7. The standard InChI is InChI=1S/2C3H9N.Mo.H2O/c2*1-3-4-2;;/h2*4H,3H2,1-2H3;;1H2. The minimum absolute atomic E-state index is 0. The van der Waals surface area contributed by atoms with E-state index in [0.29, 0.717) is 0 Å². The molecular formula is C6H20MoN2O. The van der Waals surface area contributed by atoms with E-state index >= 15 is 0 Å². The van der Waals surface area contributed by atoms with Gasteiger partial charge in [0.1, 0.15) is 0 Å². The molecule has 0 rings (SSSR count). The molecule has 0 atom stereocenters. The van der Waals surface area contributed by atoms with E-state index in [-0.39, 0.29) is 26.5 Å². The van der Waals surface area contributed by atoms with E-state index in [0.717, 1.165) is 13.1 Å². The van der Waals surface area contributed by atoms with Crippen molar-refractivity contribution in [2.75, 3.05) is 27.2 Å². The summed E-state index contributed by atoms with van der Waals surface area (Å²) in [6, 6.07) is 0. The molecule has 0 radical (unpaired) electrons. The topological polar surface area (TPSA) is 55.6 Å². The van der Waals surface area contributed by atoms with Crippen molar-refractivity contribution in [1.82, 2.24) is 10.6 Å². The number of rotatable bonds is 2. The molecule has 0 aliphatic carbocycles. The molecule has 0 amide bonds. The van der Waals surface area contributed by atoms with Gasteiger partial charge in [-0.3, -0.25) is 0 Å². The van der Waals surface area contributed by atoms with E-state index in [4.69, 9.17) is 0 Å². The van der Waals surface area contributed by atoms with Gasteiger partial charge in [-0.25, -0.2) is 0 Å². The summed E-state index contributed by atoms with van der Waals surface area (Å²) in [7, 11) is 3.86. The molecule has 0 spiro atoms. The van der Waals surface area contributed by atoms with Gasteiger partial charge in [0, 0.05) is 21.1 Å². The van der Waals surface area contributed by atoms with Crippen LogP contribution < -0.4 is 10.6 Å². The molecule has 0 aromatic carbocycles. The summed E-state index contributed by atoms with van der Waals surface area (Å²) in [5, 5.41) is 5.86. The summed E-state index contributed by atoms with van der Waals surface area (Å²) in [4.78, 5) is 0. The fraction of sp³-hybridized carbons (Fsp3) is 1.00. The first-order valence-electron chi connectivity index (χ1n) is 3.12. The average Bonchev–Trinajstić information content (AvgIpc) is 1.88. The second-order valence-corrected chi connectivity index (χ2v) is 1.41. The Morgan fingerprint density at radius 3 is 1.00 bits per heavy atom. The molecule has 0 saturated carbocycles. The largest absolute Gasteiger partial charge is 0.412 e. The predicted octanol–water partition coefficient (Wildman–Crippen LogP) is -0.376. The second kappa shape index (κ2) is 33.7. The van der Waals surface area contributed by atoms with Crippen LogP contribution in [0, 0.1) is 0 Å². The Morgan fingerprint density at radius 1 is 0.900 bits per heavy atom. The SMILES string of the molecule is CCNC.CCNC.O.[Mo]. The van der Waals surface area contributed by atoms with Gasteiger partial charge in [0.25, 0.3) is 0 Å². The van der Waals surface area contributed by atoms with E-state index in [1.54, 1.807) is 0 Å². The zero-order valence-electron chi connectivity index (χ0n) is 7.32. The molecule has 0 saturated heterocycles. The minimum atomic E-state index is 0. The van der Waals surface area contributed by atoms with E-state index in [9.17, 15) is 0 Å². The third-order valence-electron chi connectivity index (χ3n) is 0.707. The van der Waals surface area contributed by atoms with Crippen molar-refractivity contribution < 1.29 is 26.5 Å². The van der Waals surface area contributed by atoms with Crippen LogP contribution in [-0.4, -0.2) is 32.7 Å². The second-order valence-electron chi connectivity index (χ2n) is 1.41. The van der Waals surface area contributed by atoms with Crippen LogP contribution in [0.25, 0.3) is 0 Å². The fourth-order valence-electron chi connectivity index (χ4n) is 0. The first-order valence-corrected chi connectivity index (χ1v) is 3.12. The van der Waals surface area contributed by atoms with Gasteiger partial charge in [0.05, 0.1) is 0 Å². The van der Waals surface area contributed by atoms with Crippen LogP contribution in [-0.2, 0) is 21.1 Å². The molecule has 0 heterocycles. The Balaban J connectivity index is -0.0000000300. The van der Waals surface area contributed by atoms with Gasteiger partial charge in [-0.05, 0) is 27.2 Å². The molecule has 0 bridgehead atoms. The van der Waals surface area contributed by atoms with Crippen molar-refractivity contribution in [3.05, 3.63) is 0 Å². The van der Waals surface area contributed by atoms with Crippen molar-refractivity contribution in [1.29, 1.82) is 0 Å². The monoisotopic (exact) mass is 234 g/mol. The Kier molecular flexibility index (Phi) is 75.5. The van der Waals surface area contributed by atoms with Crippen LogP contribution in [0.2, 0.25) is 0 Å². The minimum Gasteiger partial charge on any atom is -0.412 e. The summed E-state index contributed by atoms with van der Waals surface area (Å²) in [6.07, 6.45) is 0. The van der Waals surface area contributed by atoms with Gasteiger partial charge >= 0.3 is 0 Å². The van der Waals surface area contributed by atoms with E-state index in [1.165, 1.54) is 0 Å². The predicted molar refractivity (Wildman–Crippen MR) is 42.8 cm³/mol. The van der Waals surface area contributed by atoms with Crippen molar-refractivity contribution >= 4 is 0 Å². The van der Waals surface area contributed by atoms with Gasteiger partial charge < -0.3 is 16.1 Å².